The number of carbonyl (C=O) groups excluding carboxylic acids is 1. The van der Waals surface area contributed by atoms with Crippen molar-refractivity contribution in [1.29, 1.82) is 0 Å². The Morgan fingerprint density at radius 1 is 1.41 bits per heavy atom. The number of nitrogens with one attached hydrogen (secondary N) is 1. The molecule has 2 heterocycles. The zero-order valence-electron chi connectivity index (χ0n) is 9.27. The molecule has 2 aromatic rings. The summed E-state index contributed by atoms with van der Waals surface area (Å²) in [7, 11) is 0. The molecule has 5 nitrogen and oxygen atoms in total. The van der Waals surface area contributed by atoms with Gasteiger partial charge < -0.3 is 10.1 Å². The summed E-state index contributed by atoms with van der Waals surface area (Å²) >= 11 is 1.34. The van der Waals surface area contributed by atoms with E-state index in [1.165, 1.54) is 17.7 Å². The van der Waals surface area contributed by atoms with Crippen molar-refractivity contribution >= 4 is 23.1 Å². The highest BCUT2D eigenvalue weighted by atomic mass is 32.1. The summed E-state index contributed by atoms with van der Waals surface area (Å²) < 4.78 is 0. The van der Waals surface area contributed by atoms with Crippen LogP contribution in [0.5, 0.6) is 0 Å². The maximum atomic E-state index is 12.1. The minimum Gasteiger partial charge on any atom is -0.477 e. The van der Waals surface area contributed by atoms with E-state index < -0.39 is 5.97 Å². The molecular formula is C11H10N2O3S. The maximum Gasteiger partial charge on any atom is 0.354 e. The summed E-state index contributed by atoms with van der Waals surface area (Å²) in [5.74, 6) is -1.53. The molecule has 0 aliphatic heterocycles. The van der Waals surface area contributed by atoms with Crippen LogP contribution in [-0.2, 0) is 0 Å². The number of H-pyrrole nitrogens is 1. The van der Waals surface area contributed by atoms with Crippen LogP contribution in [-0.4, -0.2) is 26.8 Å². The monoisotopic (exact) mass is 250 g/mol. The SMILES string of the molecule is Cc1cc(C)c(C(=O)c2nc[nH]c2C(=O)O)s1. The molecule has 0 spiro atoms. The van der Waals surface area contributed by atoms with Crippen molar-refractivity contribution in [2.45, 2.75) is 13.8 Å². The highest BCUT2D eigenvalue weighted by Gasteiger charge is 2.23. The molecule has 0 bridgehead atoms. The van der Waals surface area contributed by atoms with Gasteiger partial charge in [-0.15, -0.1) is 11.3 Å². The number of carboxylic acid groups (broad SMARTS) is 1. The number of aromatic nitrogens is 2. The van der Waals surface area contributed by atoms with Crippen LogP contribution in [0.1, 0.15) is 36.3 Å². The quantitative estimate of drug-likeness (QED) is 0.816. The fourth-order valence-corrected chi connectivity index (χ4v) is 2.57. The number of hydrogen-bond acceptors (Lipinski definition) is 4. The minimum atomic E-state index is -1.18. The first-order valence-electron chi connectivity index (χ1n) is 4.89. The number of aryl methyl sites for hydroxylation is 2. The van der Waals surface area contributed by atoms with Gasteiger partial charge in [0.05, 0.1) is 11.2 Å². The molecule has 0 saturated carbocycles. The summed E-state index contributed by atoms with van der Waals surface area (Å²) in [6.45, 7) is 3.72. The van der Waals surface area contributed by atoms with E-state index in [2.05, 4.69) is 9.97 Å². The van der Waals surface area contributed by atoms with Crippen LogP contribution in [0, 0.1) is 13.8 Å². The summed E-state index contributed by atoms with van der Waals surface area (Å²) in [6, 6.07) is 1.89. The van der Waals surface area contributed by atoms with Crippen LogP contribution < -0.4 is 0 Å². The fraction of sp³-hybridized carbons (Fsp3) is 0.182. The van der Waals surface area contributed by atoms with Gasteiger partial charge in [-0.3, -0.25) is 4.79 Å². The van der Waals surface area contributed by atoms with E-state index in [1.54, 1.807) is 0 Å². The van der Waals surface area contributed by atoms with E-state index >= 15 is 0 Å². The van der Waals surface area contributed by atoms with Gasteiger partial charge in [0.25, 0.3) is 0 Å². The molecule has 0 aliphatic rings. The zero-order valence-corrected chi connectivity index (χ0v) is 10.1. The topological polar surface area (TPSA) is 83.0 Å². The minimum absolute atomic E-state index is 0.0394. The normalized spacial score (nSPS) is 10.5. The average molecular weight is 250 g/mol. The third-order valence-corrected chi connectivity index (χ3v) is 3.47. The Hall–Kier alpha value is -1.95. The van der Waals surface area contributed by atoms with Crippen LogP contribution in [0.15, 0.2) is 12.4 Å². The lowest BCUT2D eigenvalue weighted by Gasteiger charge is -1.97. The second kappa shape index (κ2) is 4.14. The molecule has 88 valence electrons. The molecule has 0 unspecified atom stereocenters. The Morgan fingerprint density at radius 2 is 2.12 bits per heavy atom. The third kappa shape index (κ3) is 1.99. The molecular weight excluding hydrogens is 240 g/mol. The largest absolute Gasteiger partial charge is 0.477 e. The van der Waals surface area contributed by atoms with E-state index in [9.17, 15) is 9.59 Å². The van der Waals surface area contributed by atoms with Gasteiger partial charge in [0, 0.05) is 4.88 Å². The predicted molar refractivity (Wildman–Crippen MR) is 62.8 cm³/mol. The summed E-state index contributed by atoms with van der Waals surface area (Å²) in [5, 5.41) is 8.90. The average Bonchev–Trinajstić information content (AvgIpc) is 2.83. The van der Waals surface area contributed by atoms with Gasteiger partial charge in [0.1, 0.15) is 5.69 Å². The van der Waals surface area contributed by atoms with E-state index in [4.69, 9.17) is 5.11 Å². The van der Waals surface area contributed by atoms with E-state index in [-0.39, 0.29) is 17.2 Å². The zero-order chi connectivity index (χ0) is 12.6. The van der Waals surface area contributed by atoms with E-state index in [1.807, 2.05) is 19.9 Å². The molecule has 2 rings (SSSR count). The number of thiophene rings is 1. The molecule has 6 heteroatoms. The molecule has 0 aliphatic carbocycles. The summed E-state index contributed by atoms with van der Waals surface area (Å²) in [5.41, 5.74) is 0.639. The number of imidazole rings is 1. The number of nitrogens with zero attached hydrogens (tertiary/aromatic N) is 1. The van der Waals surface area contributed by atoms with Crippen molar-refractivity contribution in [2.24, 2.45) is 0 Å². The Morgan fingerprint density at radius 3 is 2.65 bits per heavy atom. The molecule has 0 radical (unpaired) electrons. The number of carbonyl (C=O) groups is 2. The number of carboxylic acids is 1. The number of hydrogen-bond donors (Lipinski definition) is 2. The van der Waals surface area contributed by atoms with Crippen molar-refractivity contribution in [2.75, 3.05) is 0 Å². The van der Waals surface area contributed by atoms with Crippen LogP contribution in [0.4, 0.5) is 0 Å². The van der Waals surface area contributed by atoms with Crippen molar-refractivity contribution in [3.63, 3.8) is 0 Å². The van der Waals surface area contributed by atoms with Crippen LogP contribution >= 0.6 is 11.3 Å². The Bertz CT molecular complexity index is 598. The summed E-state index contributed by atoms with van der Waals surface area (Å²) in [6.07, 6.45) is 1.21. The Kier molecular flexibility index (Phi) is 2.81. The predicted octanol–water partition coefficient (Wildman–Crippen LogP) is 2.02. The van der Waals surface area contributed by atoms with Gasteiger partial charge in [-0.05, 0) is 25.5 Å². The van der Waals surface area contributed by atoms with E-state index in [0.29, 0.717) is 4.88 Å². The second-order valence-corrected chi connectivity index (χ2v) is 4.89. The van der Waals surface area contributed by atoms with Gasteiger partial charge in [-0.25, -0.2) is 9.78 Å². The van der Waals surface area contributed by atoms with Crippen molar-refractivity contribution in [3.8, 4) is 0 Å². The molecule has 2 aromatic heterocycles. The van der Waals surface area contributed by atoms with Gasteiger partial charge in [-0.2, -0.15) is 0 Å². The number of rotatable bonds is 3. The van der Waals surface area contributed by atoms with Crippen molar-refractivity contribution in [3.05, 3.63) is 39.1 Å². The highest BCUT2D eigenvalue weighted by Crippen LogP contribution is 2.24. The van der Waals surface area contributed by atoms with Gasteiger partial charge in [0.2, 0.25) is 5.78 Å². The number of ketones is 1. The molecule has 0 aromatic carbocycles. The van der Waals surface area contributed by atoms with Crippen LogP contribution in [0.2, 0.25) is 0 Å². The number of aromatic carboxylic acids is 1. The van der Waals surface area contributed by atoms with E-state index in [0.717, 1.165) is 10.4 Å². The Labute approximate surface area is 101 Å². The molecule has 0 saturated heterocycles. The molecule has 0 amide bonds. The van der Waals surface area contributed by atoms with Gasteiger partial charge >= 0.3 is 5.97 Å². The lowest BCUT2D eigenvalue weighted by Crippen LogP contribution is -2.09. The summed E-state index contributed by atoms with van der Waals surface area (Å²) in [4.78, 5) is 30.8. The molecule has 2 N–H and O–H groups in total. The first kappa shape index (κ1) is 11.5. The van der Waals surface area contributed by atoms with Crippen molar-refractivity contribution in [1.82, 2.24) is 9.97 Å². The van der Waals surface area contributed by atoms with Gasteiger partial charge in [-0.1, -0.05) is 0 Å². The maximum absolute atomic E-state index is 12.1. The van der Waals surface area contributed by atoms with Crippen molar-refractivity contribution < 1.29 is 14.7 Å². The standard InChI is InChI=1S/C11H10N2O3S/c1-5-3-6(2)17-10(5)9(14)7-8(11(15)16)13-4-12-7/h3-4H,1-2H3,(H,12,13)(H,15,16). The number of aromatic amines is 1. The van der Waals surface area contributed by atoms with Crippen LogP contribution in [0.25, 0.3) is 0 Å². The Balaban J connectivity index is 2.47. The lowest BCUT2D eigenvalue weighted by molar-refractivity contribution is 0.0687. The molecule has 17 heavy (non-hydrogen) atoms. The third-order valence-electron chi connectivity index (χ3n) is 2.32. The first-order chi connectivity index (χ1) is 8.00. The smallest absolute Gasteiger partial charge is 0.354 e. The lowest BCUT2D eigenvalue weighted by atomic mass is 10.1. The molecule has 0 atom stereocenters. The van der Waals surface area contributed by atoms with Gasteiger partial charge in [0.15, 0.2) is 5.69 Å². The highest BCUT2D eigenvalue weighted by molar-refractivity contribution is 7.14. The fourth-order valence-electron chi connectivity index (χ4n) is 1.60. The second-order valence-electron chi connectivity index (χ2n) is 3.63. The molecule has 0 fully saturated rings. The first-order valence-corrected chi connectivity index (χ1v) is 5.70. The van der Waals surface area contributed by atoms with Crippen LogP contribution in [0.3, 0.4) is 0 Å².